The Bertz CT molecular complexity index is 270. The summed E-state index contributed by atoms with van der Waals surface area (Å²) in [6.07, 6.45) is 4.91. The van der Waals surface area contributed by atoms with Gasteiger partial charge in [-0.05, 0) is 26.3 Å². The van der Waals surface area contributed by atoms with Crippen LogP contribution in [-0.2, 0) is 0 Å². The van der Waals surface area contributed by atoms with Crippen LogP contribution in [0.4, 0.5) is 0 Å². The lowest BCUT2D eigenvalue weighted by atomic mass is 10.2. The van der Waals surface area contributed by atoms with Crippen molar-refractivity contribution in [3.8, 4) is 0 Å². The highest BCUT2D eigenvalue weighted by atomic mass is 16.1. The van der Waals surface area contributed by atoms with Gasteiger partial charge in [0, 0.05) is 12.2 Å². The average Bonchev–Trinajstić information content (AvgIpc) is 2.67. The molecular formula is C9H16N4O. The Balaban J connectivity index is 2.34. The summed E-state index contributed by atoms with van der Waals surface area (Å²) >= 11 is 0. The molecular weight excluding hydrogens is 180 g/mol. The normalized spacial score (nSPS) is 12.4. The average molecular weight is 196 g/mol. The molecule has 0 bridgehead atoms. The Kier molecular flexibility index (Phi) is 4.12. The predicted octanol–water partition coefficient (Wildman–Crippen LogP) is 0.267. The molecule has 1 aromatic heterocycles. The smallest absolute Gasteiger partial charge is 0.254 e. The second-order valence-electron chi connectivity index (χ2n) is 3.29. The van der Waals surface area contributed by atoms with Gasteiger partial charge < -0.3 is 11.1 Å². The summed E-state index contributed by atoms with van der Waals surface area (Å²) in [6.45, 7) is 2.62. The Morgan fingerprint density at radius 1 is 1.79 bits per heavy atom. The van der Waals surface area contributed by atoms with Crippen molar-refractivity contribution in [2.24, 2.45) is 5.73 Å². The highest BCUT2D eigenvalue weighted by Gasteiger charge is 2.09. The van der Waals surface area contributed by atoms with Gasteiger partial charge in [0.15, 0.2) is 0 Å². The number of aromatic nitrogens is 2. The first-order chi connectivity index (χ1) is 6.74. The lowest BCUT2D eigenvalue weighted by Crippen LogP contribution is -2.32. The predicted molar refractivity (Wildman–Crippen MR) is 53.8 cm³/mol. The highest BCUT2D eigenvalue weighted by molar-refractivity contribution is 5.93. The fourth-order valence-electron chi connectivity index (χ4n) is 1.18. The van der Waals surface area contributed by atoms with Crippen LogP contribution in [0.15, 0.2) is 12.4 Å². The van der Waals surface area contributed by atoms with E-state index >= 15 is 0 Å². The molecule has 1 atom stereocenters. The van der Waals surface area contributed by atoms with Crippen molar-refractivity contribution in [2.45, 2.75) is 25.8 Å². The van der Waals surface area contributed by atoms with Gasteiger partial charge in [0.1, 0.15) is 0 Å². The van der Waals surface area contributed by atoms with Gasteiger partial charge in [0.05, 0.1) is 11.8 Å². The first kappa shape index (κ1) is 10.7. The van der Waals surface area contributed by atoms with E-state index in [4.69, 9.17) is 5.73 Å². The van der Waals surface area contributed by atoms with Gasteiger partial charge in [-0.3, -0.25) is 9.89 Å². The van der Waals surface area contributed by atoms with Crippen LogP contribution in [0.3, 0.4) is 0 Å². The van der Waals surface area contributed by atoms with E-state index < -0.39 is 0 Å². The van der Waals surface area contributed by atoms with Crippen LogP contribution in [0.5, 0.6) is 0 Å². The van der Waals surface area contributed by atoms with E-state index in [9.17, 15) is 4.79 Å². The van der Waals surface area contributed by atoms with Gasteiger partial charge in [0.2, 0.25) is 0 Å². The molecule has 0 aromatic carbocycles. The maximum atomic E-state index is 11.5. The van der Waals surface area contributed by atoms with Gasteiger partial charge >= 0.3 is 0 Å². The lowest BCUT2D eigenvalue weighted by molar-refractivity contribution is 0.0938. The van der Waals surface area contributed by atoms with E-state index in [-0.39, 0.29) is 11.9 Å². The van der Waals surface area contributed by atoms with Crippen molar-refractivity contribution in [3.63, 3.8) is 0 Å². The maximum Gasteiger partial charge on any atom is 0.254 e. The summed E-state index contributed by atoms with van der Waals surface area (Å²) in [5.74, 6) is -0.0942. The van der Waals surface area contributed by atoms with E-state index in [2.05, 4.69) is 15.5 Å². The molecule has 78 valence electrons. The Morgan fingerprint density at radius 3 is 3.14 bits per heavy atom. The second kappa shape index (κ2) is 5.39. The van der Waals surface area contributed by atoms with Gasteiger partial charge in [-0.25, -0.2) is 0 Å². The molecule has 0 saturated heterocycles. The van der Waals surface area contributed by atoms with E-state index in [1.165, 1.54) is 6.20 Å². The van der Waals surface area contributed by atoms with Gasteiger partial charge in [0.25, 0.3) is 5.91 Å². The number of nitrogens with zero attached hydrogens (tertiary/aromatic N) is 1. The summed E-state index contributed by atoms with van der Waals surface area (Å²) in [4.78, 5) is 11.5. The van der Waals surface area contributed by atoms with E-state index in [1.54, 1.807) is 6.20 Å². The molecule has 5 nitrogen and oxygen atoms in total. The quantitative estimate of drug-likeness (QED) is 0.632. The number of aromatic amines is 1. The molecule has 1 unspecified atom stereocenters. The molecule has 1 rings (SSSR count). The third-order valence-corrected chi connectivity index (χ3v) is 1.98. The first-order valence-corrected chi connectivity index (χ1v) is 4.73. The number of hydrogen-bond acceptors (Lipinski definition) is 3. The Morgan fingerprint density at radius 2 is 2.57 bits per heavy atom. The number of carbonyl (C=O) groups excluding carboxylic acids is 1. The van der Waals surface area contributed by atoms with Crippen molar-refractivity contribution in [1.82, 2.24) is 15.5 Å². The minimum atomic E-state index is -0.0942. The molecule has 1 aromatic rings. The van der Waals surface area contributed by atoms with Crippen molar-refractivity contribution in [1.29, 1.82) is 0 Å². The molecule has 0 aliphatic heterocycles. The number of nitrogens with one attached hydrogen (secondary N) is 2. The molecule has 0 fully saturated rings. The van der Waals surface area contributed by atoms with E-state index in [1.807, 2.05) is 6.92 Å². The zero-order valence-electron chi connectivity index (χ0n) is 8.29. The SMILES string of the molecule is CC(CCCN)NC(=O)c1cn[nH]c1. The molecule has 5 heteroatoms. The molecule has 0 spiro atoms. The van der Waals surface area contributed by atoms with Crippen LogP contribution in [-0.4, -0.2) is 28.7 Å². The molecule has 0 radical (unpaired) electrons. The minimum Gasteiger partial charge on any atom is -0.349 e. The second-order valence-corrected chi connectivity index (χ2v) is 3.29. The van der Waals surface area contributed by atoms with Gasteiger partial charge in [-0.1, -0.05) is 0 Å². The standard InChI is InChI=1S/C9H16N4O/c1-7(3-2-4-10)13-9(14)8-5-11-12-6-8/h5-7H,2-4,10H2,1H3,(H,11,12)(H,13,14). The fraction of sp³-hybridized carbons (Fsp3) is 0.556. The third kappa shape index (κ3) is 3.18. The lowest BCUT2D eigenvalue weighted by Gasteiger charge is -2.11. The monoisotopic (exact) mass is 196 g/mol. The molecule has 1 amide bonds. The highest BCUT2D eigenvalue weighted by Crippen LogP contribution is 1.98. The number of nitrogens with two attached hydrogens (primary N) is 1. The summed E-state index contributed by atoms with van der Waals surface area (Å²) in [5, 5.41) is 9.17. The van der Waals surface area contributed by atoms with Crippen LogP contribution < -0.4 is 11.1 Å². The van der Waals surface area contributed by atoms with Crippen molar-refractivity contribution >= 4 is 5.91 Å². The number of hydrogen-bond donors (Lipinski definition) is 3. The summed E-state index contributed by atoms with van der Waals surface area (Å²) in [7, 11) is 0. The Labute approximate surface area is 83.1 Å². The van der Waals surface area contributed by atoms with E-state index in [0.29, 0.717) is 12.1 Å². The molecule has 0 aliphatic carbocycles. The number of amides is 1. The van der Waals surface area contributed by atoms with Crippen molar-refractivity contribution in [3.05, 3.63) is 18.0 Å². The Hall–Kier alpha value is -1.36. The number of H-pyrrole nitrogens is 1. The van der Waals surface area contributed by atoms with Crippen LogP contribution in [0.2, 0.25) is 0 Å². The van der Waals surface area contributed by atoms with Crippen LogP contribution >= 0.6 is 0 Å². The maximum absolute atomic E-state index is 11.5. The van der Waals surface area contributed by atoms with E-state index in [0.717, 1.165) is 12.8 Å². The van der Waals surface area contributed by atoms with Crippen LogP contribution in [0.1, 0.15) is 30.1 Å². The summed E-state index contributed by atoms with van der Waals surface area (Å²) in [6, 6.07) is 0.154. The van der Waals surface area contributed by atoms with Crippen LogP contribution in [0.25, 0.3) is 0 Å². The molecule has 0 saturated carbocycles. The van der Waals surface area contributed by atoms with Crippen LogP contribution in [0, 0.1) is 0 Å². The minimum absolute atomic E-state index is 0.0942. The first-order valence-electron chi connectivity index (χ1n) is 4.73. The zero-order chi connectivity index (χ0) is 10.4. The zero-order valence-corrected chi connectivity index (χ0v) is 8.29. The topological polar surface area (TPSA) is 83.8 Å². The van der Waals surface area contributed by atoms with Crippen molar-refractivity contribution in [2.75, 3.05) is 6.54 Å². The fourth-order valence-corrected chi connectivity index (χ4v) is 1.18. The molecule has 4 N–H and O–H groups in total. The van der Waals surface area contributed by atoms with Gasteiger partial charge in [-0.15, -0.1) is 0 Å². The molecule has 14 heavy (non-hydrogen) atoms. The number of rotatable bonds is 5. The summed E-state index contributed by atoms with van der Waals surface area (Å²) in [5.41, 5.74) is 5.93. The largest absolute Gasteiger partial charge is 0.349 e. The molecule has 1 heterocycles. The molecule has 0 aliphatic rings. The van der Waals surface area contributed by atoms with Gasteiger partial charge in [-0.2, -0.15) is 5.10 Å². The number of carbonyl (C=O) groups is 1. The third-order valence-electron chi connectivity index (χ3n) is 1.98. The summed E-state index contributed by atoms with van der Waals surface area (Å²) < 4.78 is 0. The van der Waals surface area contributed by atoms with Crippen molar-refractivity contribution < 1.29 is 4.79 Å².